The summed E-state index contributed by atoms with van der Waals surface area (Å²) in [6, 6.07) is 7.66. The second-order valence-electron chi connectivity index (χ2n) is 17.1. The van der Waals surface area contributed by atoms with Crippen LogP contribution in [0.25, 0.3) is 12.2 Å². The second kappa shape index (κ2) is 18.0. The molecule has 12 heteroatoms. The summed E-state index contributed by atoms with van der Waals surface area (Å²) in [5, 5.41) is 0. The second-order valence-corrected chi connectivity index (χ2v) is 75.9. The molecule has 291 valence electrons. The predicted molar refractivity (Wildman–Crippen MR) is 245 cm³/mol. The Hall–Kier alpha value is 1.77. The molecular formula is C40H59Cl8Si3Zr. The van der Waals surface area contributed by atoms with Crippen LogP contribution in [0.1, 0.15) is 170 Å². The van der Waals surface area contributed by atoms with E-state index in [4.69, 9.17) is 83.5 Å². The van der Waals surface area contributed by atoms with Crippen LogP contribution >= 0.6 is 83.5 Å². The van der Waals surface area contributed by atoms with Crippen molar-refractivity contribution in [3.63, 3.8) is 0 Å². The minimum absolute atomic E-state index is 0.0160. The molecule has 2 aliphatic rings. The molecule has 0 saturated heterocycles. The molecule has 2 atom stereocenters. The Morgan fingerprint density at radius 1 is 0.558 bits per heavy atom. The fourth-order valence-electron chi connectivity index (χ4n) is 9.22. The molecule has 0 heterocycles. The van der Waals surface area contributed by atoms with Crippen LogP contribution in [0.5, 0.6) is 0 Å². The van der Waals surface area contributed by atoms with Gasteiger partial charge in [-0.05, 0) is 0 Å². The fraction of sp³-hybridized carbons (Fsp3) is 0.600. The zero-order chi connectivity index (χ0) is 39.2. The maximum absolute atomic E-state index is 9.10. The molecule has 0 amide bonds. The molecule has 2 aromatic rings. The zero-order valence-corrected chi connectivity index (χ0v) is 44.3. The molecule has 0 spiro atoms. The van der Waals surface area contributed by atoms with Crippen molar-refractivity contribution in [1.29, 1.82) is 0 Å². The normalized spacial score (nSPS) is 18.8. The van der Waals surface area contributed by atoms with E-state index in [1.54, 1.807) is 0 Å². The van der Waals surface area contributed by atoms with Gasteiger partial charge in [0.05, 0.1) is 0 Å². The van der Waals surface area contributed by atoms with E-state index in [2.05, 4.69) is 106 Å². The number of fused-ring (bicyclic) bond motifs is 2. The third kappa shape index (κ3) is 10.3. The van der Waals surface area contributed by atoms with Crippen molar-refractivity contribution in [2.75, 3.05) is 0 Å². The summed E-state index contributed by atoms with van der Waals surface area (Å²) in [7, 11) is 18.2. The maximum atomic E-state index is 9.10. The number of unbranched alkanes of at least 4 members (excludes halogenated alkanes) is 2. The first-order valence-electron chi connectivity index (χ1n) is 19.3. The van der Waals surface area contributed by atoms with Crippen molar-refractivity contribution in [3.8, 4) is 0 Å². The van der Waals surface area contributed by atoms with Gasteiger partial charge in [0.2, 0.25) is 0 Å². The van der Waals surface area contributed by atoms with Gasteiger partial charge in [-0.3, -0.25) is 0 Å². The number of rotatable bonds is 17. The van der Waals surface area contributed by atoms with Crippen molar-refractivity contribution in [3.05, 3.63) is 79.9 Å². The summed E-state index contributed by atoms with van der Waals surface area (Å²) in [5.41, 5.74) is 13.6. The van der Waals surface area contributed by atoms with Gasteiger partial charge in [-0.2, -0.15) is 0 Å². The van der Waals surface area contributed by atoms with Gasteiger partial charge in [0.15, 0.2) is 0 Å². The molecule has 0 aromatic heterocycles. The molecule has 2 aromatic carbocycles. The van der Waals surface area contributed by atoms with Crippen LogP contribution in [-0.4, -0.2) is 17.9 Å². The van der Waals surface area contributed by atoms with Gasteiger partial charge >= 0.3 is 359 Å². The number of hydrogen-bond acceptors (Lipinski definition) is 0. The van der Waals surface area contributed by atoms with Crippen molar-refractivity contribution < 1.29 is 15.6 Å². The number of benzene rings is 2. The average molecular weight is 999 g/mol. The molecule has 2 aliphatic carbocycles. The van der Waals surface area contributed by atoms with Crippen molar-refractivity contribution in [1.82, 2.24) is 0 Å². The first-order chi connectivity index (χ1) is 23.9. The SMILES string of the molecule is CC1=Cc2c(C(C)C)cc(C(C)C)cc2[CH]1[Zr]([Cl])([Cl])([CH]1C(C)=Cc2c(C(C)C)cc(C(C)C)cc21)[SiH](CCCC[Si](Cl)(Cl)Cl)CCCC[Si](Cl)(Cl)Cl. The quantitative estimate of drug-likeness (QED) is 0.0842. The third-order valence-corrected chi connectivity index (χ3v) is 65.8. The summed E-state index contributed by atoms with van der Waals surface area (Å²) < 4.78 is 0.0319. The Morgan fingerprint density at radius 2 is 0.904 bits per heavy atom. The van der Waals surface area contributed by atoms with Crippen molar-refractivity contribution >= 4 is 114 Å². The van der Waals surface area contributed by atoms with Gasteiger partial charge in [-0.15, -0.1) is 0 Å². The molecule has 0 N–H and O–H groups in total. The monoisotopic (exact) mass is 993 g/mol. The van der Waals surface area contributed by atoms with Gasteiger partial charge in [-0.25, -0.2) is 0 Å². The van der Waals surface area contributed by atoms with Crippen molar-refractivity contribution in [2.45, 2.75) is 150 Å². The summed E-state index contributed by atoms with van der Waals surface area (Å²) in [4.78, 5) is 0. The molecule has 0 radical (unpaired) electrons. The van der Waals surface area contributed by atoms with Gasteiger partial charge in [0, 0.05) is 0 Å². The van der Waals surface area contributed by atoms with Gasteiger partial charge < -0.3 is 0 Å². The summed E-state index contributed by atoms with van der Waals surface area (Å²) in [6.45, 7) is 23.1. The summed E-state index contributed by atoms with van der Waals surface area (Å²) in [6.07, 6.45) is 8.59. The molecule has 4 rings (SSSR count). The number of halogens is 8. The van der Waals surface area contributed by atoms with E-state index in [-0.39, 0.29) is 7.25 Å². The minimum atomic E-state index is -5.20. The Bertz CT molecular complexity index is 1550. The Morgan fingerprint density at radius 3 is 1.19 bits per heavy atom. The van der Waals surface area contributed by atoms with E-state index in [9.17, 15) is 0 Å². The van der Waals surface area contributed by atoms with Crippen LogP contribution in [-0.2, 0) is 15.6 Å². The Kier molecular flexibility index (Phi) is 16.0. The Balaban J connectivity index is 2.06. The zero-order valence-electron chi connectivity index (χ0n) is 32.7. The molecule has 0 aliphatic heterocycles. The van der Waals surface area contributed by atoms with Crippen LogP contribution < -0.4 is 0 Å². The molecular weight excluding hydrogens is 940 g/mol. The van der Waals surface area contributed by atoms with Crippen LogP contribution in [0.15, 0.2) is 35.4 Å². The van der Waals surface area contributed by atoms with Crippen molar-refractivity contribution in [2.24, 2.45) is 0 Å². The molecule has 0 fully saturated rings. The van der Waals surface area contributed by atoms with Gasteiger partial charge in [-0.1, -0.05) is 0 Å². The van der Waals surface area contributed by atoms with Crippen LogP contribution in [0, 0.1) is 0 Å². The molecule has 0 saturated carbocycles. The molecule has 0 nitrogen and oxygen atoms in total. The summed E-state index contributed by atoms with van der Waals surface area (Å²) in [5.74, 6) is -0.454. The van der Waals surface area contributed by atoms with Crippen LogP contribution in [0.3, 0.4) is 0 Å². The van der Waals surface area contributed by atoms with Gasteiger partial charge in [0.25, 0.3) is 0 Å². The number of hydrogen-bond donors (Lipinski definition) is 0. The predicted octanol–water partition coefficient (Wildman–Crippen LogP) is 17.4. The van der Waals surface area contributed by atoms with Gasteiger partial charge in [0.1, 0.15) is 0 Å². The fourth-order valence-corrected chi connectivity index (χ4v) is 64.4. The van der Waals surface area contributed by atoms with E-state index in [0.29, 0.717) is 35.8 Å². The molecule has 52 heavy (non-hydrogen) atoms. The number of allylic oxidation sites excluding steroid dienone is 2. The topological polar surface area (TPSA) is 0 Å². The molecule has 2 unspecified atom stereocenters. The van der Waals surface area contributed by atoms with Crippen LogP contribution in [0.2, 0.25) is 24.2 Å². The first kappa shape index (κ1) is 46.5. The van der Waals surface area contributed by atoms with E-state index >= 15 is 0 Å². The van der Waals surface area contributed by atoms with Crippen LogP contribution in [0.4, 0.5) is 0 Å². The standard InChI is InChI=1S/2C16H21.C8H17Cl6Si3.2ClH.Zr/c2*1-10(2)13-8-14-6-12(5)7-16(14)15(9-13)11(3)4;9-16(10,11)7-3-1-5-15-6-2-4-8-17(12,13)14;;;/h2*6-11H,1-5H3;15H,1-8H2;2*1H;/q;;;;;+2/p-2. The van der Waals surface area contributed by atoms with E-state index in [1.165, 1.54) is 55.7 Å². The van der Waals surface area contributed by atoms with E-state index < -0.39 is 33.5 Å². The Labute approximate surface area is 355 Å². The molecule has 0 bridgehead atoms. The third-order valence-electron chi connectivity index (χ3n) is 11.8. The average Bonchev–Trinajstić information content (AvgIpc) is 3.53. The van der Waals surface area contributed by atoms with E-state index in [0.717, 1.165) is 37.8 Å². The van der Waals surface area contributed by atoms with E-state index in [1.807, 2.05) is 0 Å². The summed E-state index contributed by atoms with van der Waals surface area (Å²) >= 11 is 33.3. The first-order valence-corrected chi connectivity index (χ1v) is 45.4.